The first-order chi connectivity index (χ1) is 8.61. The maximum atomic E-state index is 6.01. The fourth-order valence-corrected chi connectivity index (χ4v) is 1.94. The molecule has 2 nitrogen and oxygen atoms in total. The Morgan fingerprint density at radius 1 is 1.22 bits per heavy atom. The number of hydrogen-bond donors (Lipinski definition) is 1. The van der Waals surface area contributed by atoms with Crippen LogP contribution in [0.2, 0.25) is 10.0 Å². The van der Waals surface area contributed by atoms with Crippen molar-refractivity contribution in [2.75, 3.05) is 19.7 Å². The summed E-state index contributed by atoms with van der Waals surface area (Å²) in [6.07, 6.45) is 2.46. The fourth-order valence-electron chi connectivity index (χ4n) is 1.59. The lowest BCUT2D eigenvalue weighted by Crippen LogP contribution is -2.22. The Hall–Kier alpha value is -0.440. The molecule has 1 N–H and O–H groups in total. The standard InChI is InChI=1S/C14H21Cl2NO/c1-11(2)5-4-8-17-9-10-18-13-7-3-6-12(15)14(13)16/h3,6-7,11,17H,4-5,8-10H2,1-2H3. The quantitative estimate of drug-likeness (QED) is 0.717. The molecule has 102 valence electrons. The molecular formula is C14H21Cl2NO. The second kappa shape index (κ2) is 8.63. The van der Waals surface area contributed by atoms with Crippen LogP contribution in [-0.2, 0) is 0 Å². The lowest BCUT2D eigenvalue weighted by atomic mass is 10.1. The van der Waals surface area contributed by atoms with Crippen LogP contribution in [0.15, 0.2) is 18.2 Å². The van der Waals surface area contributed by atoms with Crippen LogP contribution in [0.4, 0.5) is 0 Å². The van der Waals surface area contributed by atoms with Crippen LogP contribution in [0.25, 0.3) is 0 Å². The summed E-state index contributed by atoms with van der Waals surface area (Å²) in [4.78, 5) is 0. The molecule has 0 radical (unpaired) electrons. The van der Waals surface area contributed by atoms with E-state index in [0.29, 0.717) is 22.4 Å². The first kappa shape index (κ1) is 15.6. The summed E-state index contributed by atoms with van der Waals surface area (Å²) in [7, 11) is 0. The highest BCUT2D eigenvalue weighted by molar-refractivity contribution is 6.42. The third-order valence-electron chi connectivity index (χ3n) is 2.59. The Bertz CT molecular complexity index is 356. The molecule has 1 rings (SSSR count). The van der Waals surface area contributed by atoms with Gasteiger partial charge in [-0.05, 0) is 37.4 Å². The maximum absolute atomic E-state index is 6.01. The highest BCUT2D eigenvalue weighted by Gasteiger charge is 2.04. The number of nitrogens with one attached hydrogen (secondary N) is 1. The lowest BCUT2D eigenvalue weighted by Gasteiger charge is -2.10. The summed E-state index contributed by atoms with van der Waals surface area (Å²) in [5, 5.41) is 4.36. The van der Waals surface area contributed by atoms with E-state index < -0.39 is 0 Å². The Kier molecular flexibility index (Phi) is 7.48. The molecule has 0 saturated carbocycles. The van der Waals surface area contributed by atoms with Gasteiger partial charge in [-0.25, -0.2) is 0 Å². The average molecular weight is 290 g/mol. The molecule has 0 aliphatic carbocycles. The molecule has 1 aromatic carbocycles. The molecule has 0 amide bonds. The second-order valence-electron chi connectivity index (χ2n) is 4.69. The Balaban J connectivity index is 2.13. The topological polar surface area (TPSA) is 21.3 Å². The molecule has 4 heteroatoms. The summed E-state index contributed by atoms with van der Waals surface area (Å²) in [5.41, 5.74) is 0. The van der Waals surface area contributed by atoms with E-state index in [-0.39, 0.29) is 0 Å². The normalized spacial score (nSPS) is 10.9. The monoisotopic (exact) mass is 289 g/mol. The predicted molar refractivity (Wildman–Crippen MR) is 78.9 cm³/mol. The van der Waals surface area contributed by atoms with Crippen LogP contribution >= 0.6 is 23.2 Å². The molecule has 0 unspecified atom stereocenters. The van der Waals surface area contributed by atoms with Crippen molar-refractivity contribution in [1.82, 2.24) is 5.32 Å². The molecule has 0 saturated heterocycles. The molecule has 0 spiro atoms. The van der Waals surface area contributed by atoms with Gasteiger partial charge in [-0.3, -0.25) is 0 Å². The van der Waals surface area contributed by atoms with Crippen molar-refractivity contribution in [2.45, 2.75) is 26.7 Å². The van der Waals surface area contributed by atoms with Gasteiger partial charge in [-0.15, -0.1) is 0 Å². The largest absolute Gasteiger partial charge is 0.491 e. The number of halogens is 2. The van der Waals surface area contributed by atoms with E-state index in [4.69, 9.17) is 27.9 Å². The Morgan fingerprint density at radius 2 is 2.00 bits per heavy atom. The highest BCUT2D eigenvalue weighted by atomic mass is 35.5. The van der Waals surface area contributed by atoms with Gasteiger partial charge >= 0.3 is 0 Å². The molecule has 0 bridgehead atoms. The van der Waals surface area contributed by atoms with Crippen LogP contribution < -0.4 is 10.1 Å². The zero-order chi connectivity index (χ0) is 13.4. The van der Waals surface area contributed by atoms with Crippen molar-refractivity contribution in [1.29, 1.82) is 0 Å². The van der Waals surface area contributed by atoms with E-state index in [0.717, 1.165) is 19.0 Å². The molecule has 0 atom stereocenters. The number of rotatable bonds is 8. The summed E-state index contributed by atoms with van der Waals surface area (Å²) in [6, 6.07) is 5.41. The van der Waals surface area contributed by atoms with Crippen LogP contribution in [0.1, 0.15) is 26.7 Å². The molecule has 0 heterocycles. The molecule has 0 fully saturated rings. The van der Waals surface area contributed by atoms with E-state index in [1.54, 1.807) is 6.07 Å². The Morgan fingerprint density at radius 3 is 2.72 bits per heavy atom. The van der Waals surface area contributed by atoms with Crippen molar-refractivity contribution in [3.8, 4) is 5.75 Å². The van der Waals surface area contributed by atoms with Crippen molar-refractivity contribution >= 4 is 23.2 Å². The van der Waals surface area contributed by atoms with Gasteiger partial charge in [-0.1, -0.05) is 43.1 Å². The third kappa shape index (κ3) is 5.94. The molecule has 18 heavy (non-hydrogen) atoms. The molecule has 0 aliphatic rings. The fraction of sp³-hybridized carbons (Fsp3) is 0.571. The summed E-state index contributed by atoms with van der Waals surface area (Å²) >= 11 is 11.9. The summed E-state index contributed by atoms with van der Waals surface area (Å²) < 4.78 is 5.57. The maximum Gasteiger partial charge on any atom is 0.139 e. The van der Waals surface area contributed by atoms with Gasteiger partial charge in [0.2, 0.25) is 0 Å². The van der Waals surface area contributed by atoms with Gasteiger partial charge in [-0.2, -0.15) is 0 Å². The molecule has 0 aromatic heterocycles. The van der Waals surface area contributed by atoms with E-state index in [2.05, 4.69) is 19.2 Å². The highest BCUT2D eigenvalue weighted by Crippen LogP contribution is 2.31. The van der Waals surface area contributed by atoms with Crippen LogP contribution in [0, 0.1) is 5.92 Å². The van der Waals surface area contributed by atoms with Crippen molar-refractivity contribution in [2.24, 2.45) is 5.92 Å². The van der Waals surface area contributed by atoms with Gasteiger partial charge in [0.25, 0.3) is 0 Å². The first-order valence-electron chi connectivity index (χ1n) is 6.38. The van der Waals surface area contributed by atoms with Gasteiger partial charge in [0.15, 0.2) is 0 Å². The minimum absolute atomic E-state index is 0.485. The number of ether oxygens (including phenoxy) is 1. The van der Waals surface area contributed by atoms with Crippen LogP contribution in [0.5, 0.6) is 5.75 Å². The third-order valence-corrected chi connectivity index (χ3v) is 3.39. The Labute approximate surface area is 120 Å². The van der Waals surface area contributed by atoms with Crippen LogP contribution in [0.3, 0.4) is 0 Å². The van der Waals surface area contributed by atoms with E-state index in [9.17, 15) is 0 Å². The van der Waals surface area contributed by atoms with Gasteiger partial charge < -0.3 is 10.1 Å². The van der Waals surface area contributed by atoms with Gasteiger partial charge in [0.1, 0.15) is 17.4 Å². The number of benzene rings is 1. The second-order valence-corrected chi connectivity index (χ2v) is 5.47. The molecule has 0 aliphatic heterocycles. The minimum Gasteiger partial charge on any atom is -0.491 e. The zero-order valence-electron chi connectivity index (χ0n) is 11.0. The smallest absolute Gasteiger partial charge is 0.139 e. The van der Waals surface area contributed by atoms with E-state index in [1.807, 2.05) is 12.1 Å². The first-order valence-corrected chi connectivity index (χ1v) is 7.14. The van der Waals surface area contributed by atoms with Crippen molar-refractivity contribution in [3.05, 3.63) is 28.2 Å². The SMILES string of the molecule is CC(C)CCCNCCOc1cccc(Cl)c1Cl. The van der Waals surface area contributed by atoms with Crippen molar-refractivity contribution < 1.29 is 4.74 Å². The zero-order valence-corrected chi connectivity index (χ0v) is 12.5. The average Bonchev–Trinajstić information content (AvgIpc) is 2.32. The molecule has 1 aromatic rings. The van der Waals surface area contributed by atoms with Crippen molar-refractivity contribution in [3.63, 3.8) is 0 Å². The van der Waals surface area contributed by atoms with Gasteiger partial charge in [0, 0.05) is 6.54 Å². The number of hydrogen-bond acceptors (Lipinski definition) is 2. The van der Waals surface area contributed by atoms with Crippen LogP contribution in [-0.4, -0.2) is 19.7 Å². The van der Waals surface area contributed by atoms with E-state index in [1.165, 1.54) is 12.8 Å². The summed E-state index contributed by atoms with van der Waals surface area (Å²) in [6.45, 7) is 6.93. The predicted octanol–water partition coefficient (Wildman–Crippen LogP) is 4.40. The van der Waals surface area contributed by atoms with E-state index >= 15 is 0 Å². The molecular weight excluding hydrogens is 269 g/mol. The lowest BCUT2D eigenvalue weighted by molar-refractivity contribution is 0.313. The van der Waals surface area contributed by atoms with Gasteiger partial charge in [0.05, 0.1) is 5.02 Å². The summed E-state index contributed by atoms with van der Waals surface area (Å²) in [5.74, 6) is 1.42. The minimum atomic E-state index is 0.485.